The Balaban J connectivity index is 2.60. The maximum atomic E-state index is 13.2. The van der Waals surface area contributed by atoms with E-state index in [9.17, 15) is 22.4 Å². The molecule has 0 spiro atoms. The first-order chi connectivity index (χ1) is 8.90. The van der Waals surface area contributed by atoms with Crippen molar-refractivity contribution in [3.05, 3.63) is 59.2 Å². The van der Waals surface area contributed by atoms with Crippen LogP contribution in [0.2, 0.25) is 0 Å². The molecule has 0 aliphatic carbocycles. The minimum atomic E-state index is -1.62. The highest BCUT2D eigenvalue weighted by Gasteiger charge is 2.15. The van der Waals surface area contributed by atoms with Crippen molar-refractivity contribution in [2.75, 3.05) is 0 Å². The van der Waals surface area contributed by atoms with Gasteiger partial charge in [0.2, 0.25) is 0 Å². The highest BCUT2D eigenvalue weighted by Crippen LogP contribution is 2.25. The number of halogens is 4. The van der Waals surface area contributed by atoms with E-state index in [1.807, 2.05) is 0 Å². The Bertz CT molecular complexity index is 645. The summed E-state index contributed by atoms with van der Waals surface area (Å²) in [5, 5.41) is 8.74. The van der Waals surface area contributed by atoms with E-state index in [4.69, 9.17) is 5.11 Å². The molecule has 2 aromatic carbocycles. The topological polar surface area (TPSA) is 37.3 Å². The van der Waals surface area contributed by atoms with Gasteiger partial charge in [0.15, 0.2) is 17.5 Å². The van der Waals surface area contributed by atoms with Gasteiger partial charge in [-0.1, -0.05) is 6.07 Å². The summed E-state index contributed by atoms with van der Waals surface area (Å²) in [6, 6.07) is 4.34. The van der Waals surface area contributed by atoms with Crippen molar-refractivity contribution in [3.63, 3.8) is 0 Å². The molecule has 0 unspecified atom stereocenters. The molecular formula is C13H6F4O2. The molecule has 0 aliphatic heterocycles. The summed E-state index contributed by atoms with van der Waals surface area (Å²) in [5.74, 6) is -6.92. The Morgan fingerprint density at radius 1 is 0.842 bits per heavy atom. The van der Waals surface area contributed by atoms with E-state index < -0.39 is 34.8 Å². The second kappa shape index (κ2) is 4.72. The lowest BCUT2D eigenvalue weighted by atomic mass is 10.0. The van der Waals surface area contributed by atoms with Crippen LogP contribution in [0.25, 0.3) is 11.1 Å². The van der Waals surface area contributed by atoms with Gasteiger partial charge in [0, 0.05) is 0 Å². The van der Waals surface area contributed by atoms with Crippen LogP contribution in [0.15, 0.2) is 30.3 Å². The third-order valence-corrected chi connectivity index (χ3v) is 2.51. The van der Waals surface area contributed by atoms with Crippen LogP contribution in [0.3, 0.4) is 0 Å². The zero-order chi connectivity index (χ0) is 14.2. The molecule has 0 aromatic heterocycles. The van der Waals surface area contributed by atoms with Crippen LogP contribution in [-0.4, -0.2) is 11.1 Å². The summed E-state index contributed by atoms with van der Waals surface area (Å²) in [7, 11) is 0. The number of hydrogen-bond acceptors (Lipinski definition) is 1. The van der Waals surface area contributed by atoms with Crippen LogP contribution in [-0.2, 0) is 0 Å². The van der Waals surface area contributed by atoms with E-state index in [1.54, 1.807) is 0 Å². The summed E-state index contributed by atoms with van der Waals surface area (Å²) in [4.78, 5) is 10.7. The minimum Gasteiger partial charge on any atom is -0.478 e. The Hall–Kier alpha value is -2.37. The molecule has 6 heteroatoms. The zero-order valence-corrected chi connectivity index (χ0v) is 9.25. The summed E-state index contributed by atoms with van der Waals surface area (Å²) in [5.41, 5.74) is -0.654. The number of carbonyl (C=O) groups is 1. The first-order valence-corrected chi connectivity index (χ1v) is 5.08. The molecule has 1 N–H and O–H groups in total. The fraction of sp³-hybridized carbons (Fsp3) is 0. The average molecular weight is 270 g/mol. The summed E-state index contributed by atoms with van der Waals surface area (Å²) in [6.45, 7) is 0. The number of carboxylic acids is 1. The average Bonchev–Trinajstić information content (AvgIpc) is 2.35. The first kappa shape index (κ1) is 13.1. The highest BCUT2D eigenvalue weighted by molar-refractivity contribution is 5.89. The third kappa shape index (κ3) is 2.42. The molecular weight excluding hydrogens is 264 g/mol. The molecule has 0 heterocycles. The minimum absolute atomic E-state index is 0.0663. The molecule has 0 bridgehead atoms. The van der Waals surface area contributed by atoms with Crippen LogP contribution < -0.4 is 0 Å². The molecule has 0 aliphatic rings. The van der Waals surface area contributed by atoms with Gasteiger partial charge in [-0.05, 0) is 35.4 Å². The van der Waals surface area contributed by atoms with Gasteiger partial charge in [0.05, 0.1) is 5.56 Å². The Labute approximate surface area is 104 Å². The van der Waals surface area contributed by atoms with Gasteiger partial charge in [0.1, 0.15) is 5.82 Å². The van der Waals surface area contributed by atoms with E-state index in [1.165, 1.54) is 0 Å². The Kier molecular flexibility index (Phi) is 3.25. The van der Waals surface area contributed by atoms with Gasteiger partial charge in [-0.2, -0.15) is 0 Å². The molecule has 2 rings (SSSR count). The lowest BCUT2D eigenvalue weighted by molar-refractivity contribution is 0.0692. The molecule has 2 nitrogen and oxygen atoms in total. The van der Waals surface area contributed by atoms with E-state index >= 15 is 0 Å². The van der Waals surface area contributed by atoms with E-state index in [0.717, 1.165) is 18.2 Å². The molecule has 0 atom stereocenters. The molecule has 0 radical (unpaired) electrons. The van der Waals surface area contributed by atoms with Crippen LogP contribution in [0.4, 0.5) is 17.6 Å². The number of rotatable bonds is 2. The Morgan fingerprint density at radius 3 is 1.95 bits per heavy atom. The molecule has 0 amide bonds. The molecule has 19 heavy (non-hydrogen) atoms. The largest absolute Gasteiger partial charge is 0.478 e. The van der Waals surface area contributed by atoms with Crippen molar-refractivity contribution in [1.29, 1.82) is 0 Å². The Morgan fingerprint density at radius 2 is 1.42 bits per heavy atom. The molecule has 0 saturated heterocycles. The number of benzene rings is 2. The molecule has 2 aromatic rings. The molecule has 98 valence electrons. The molecule has 0 saturated carbocycles. The monoisotopic (exact) mass is 270 g/mol. The lowest BCUT2D eigenvalue weighted by Crippen LogP contribution is -2.01. The van der Waals surface area contributed by atoms with E-state index in [-0.39, 0.29) is 11.1 Å². The third-order valence-electron chi connectivity index (χ3n) is 2.51. The van der Waals surface area contributed by atoms with Crippen LogP contribution in [0.5, 0.6) is 0 Å². The quantitative estimate of drug-likeness (QED) is 0.668. The number of aromatic carboxylic acids is 1. The predicted molar refractivity (Wildman–Crippen MR) is 58.7 cm³/mol. The van der Waals surface area contributed by atoms with Crippen molar-refractivity contribution in [1.82, 2.24) is 0 Å². The highest BCUT2D eigenvalue weighted by atomic mass is 19.2. The normalized spacial score (nSPS) is 10.5. The van der Waals surface area contributed by atoms with Crippen LogP contribution in [0, 0.1) is 23.3 Å². The maximum absolute atomic E-state index is 13.2. The van der Waals surface area contributed by atoms with Crippen molar-refractivity contribution >= 4 is 5.97 Å². The standard InChI is InChI=1S/C13H6F4O2/c14-9-2-1-6(3-8(9)13(18)19)7-4-10(15)12(17)11(16)5-7/h1-5H,(H,18,19). The summed E-state index contributed by atoms with van der Waals surface area (Å²) < 4.78 is 52.1. The van der Waals surface area contributed by atoms with Gasteiger partial charge in [-0.15, -0.1) is 0 Å². The van der Waals surface area contributed by atoms with E-state index in [2.05, 4.69) is 0 Å². The lowest BCUT2D eigenvalue weighted by Gasteiger charge is -2.05. The smallest absolute Gasteiger partial charge is 0.338 e. The van der Waals surface area contributed by atoms with Gasteiger partial charge in [-0.25, -0.2) is 22.4 Å². The van der Waals surface area contributed by atoms with Crippen molar-refractivity contribution in [3.8, 4) is 11.1 Å². The van der Waals surface area contributed by atoms with Gasteiger partial charge in [-0.3, -0.25) is 0 Å². The van der Waals surface area contributed by atoms with Gasteiger partial charge < -0.3 is 5.11 Å². The number of carboxylic acid groups (broad SMARTS) is 1. The summed E-state index contributed by atoms with van der Waals surface area (Å²) >= 11 is 0. The van der Waals surface area contributed by atoms with Crippen molar-refractivity contribution in [2.45, 2.75) is 0 Å². The van der Waals surface area contributed by atoms with Crippen molar-refractivity contribution < 1.29 is 27.5 Å². The fourth-order valence-electron chi connectivity index (χ4n) is 1.59. The second-order valence-electron chi connectivity index (χ2n) is 3.75. The second-order valence-corrected chi connectivity index (χ2v) is 3.75. The summed E-state index contributed by atoms with van der Waals surface area (Å²) in [6.07, 6.45) is 0. The SMILES string of the molecule is O=C(O)c1cc(-c2cc(F)c(F)c(F)c2)ccc1F. The van der Waals surface area contributed by atoms with Gasteiger partial charge >= 0.3 is 5.97 Å². The first-order valence-electron chi connectivity index (χ1n) is 5.08. The van der Waals surface area contributed by atoms with E-state index in [0.29, 0.717) is 12.1 Å². The van der Waals surface area contributed by atoms with Gasteiger partial charge in [0.25, 0.3) is 0 Å². The van der Waals surface area contributed by atoms with Crippen LogP contribution >= 0.6 is 0 Å². The fourth-order valence-corrected chi connectivity index (χ4v) is 1.59. The zero-order valence-electron chi connectivity index (χ0n) is 9.25. The number of hydrogen-bond donors (Lipinski definition) is 1. The van der Waals surface area contributed by atoms with Crippen molar-refractivity contribution in [2.24, 2.45) is 0 Å². The van der Waals surface area contributed by atoms with Crippen LogP contribution in [0.1, 0.15) is 10.4 Å². The molecule has 0 fully saturated rings. The maximum Gasteiger partial charge on any atom is 0.338 e. The predicted octanol–water partition coefficient (Wildman–Crippen LogP) is 3.61.